The molecule has 184 valence electrons. The van der Waals surface area contributed by atoms with Gasteiger partial charge in [-0.2, -0.15) is 18.3 Å². The molecule has 3 rings (SSSR count). The molecule has 0 radical (unpaired) electrons. The maximum Gasteiger partial charge on any atom is 0.418 e. The van der Waals surface area contributed by atoms with E-state index < -0.39 is 41.6 Å². The molecule has 3 N–H and O–H groups in total. The zero-order valence-corrected chi connectivity index (χ0v) is 19.0. The van der Waals surface area contributed by atoms with E-state index >= 15 is 0 Å². The Labute approximate surface area is 198 Å². The molecule has 0 saturated heterocycles. The molecule has 0 fully saturated rings. The minimum absolute atomic E-state index is 0.224. The number of carboxylic acid groups (broad SMARTS) is 1. The number of halogens is 3. The molecule has 2 aromatic carbocycles. The molecule has 35 heavy (non-hydrogen) atoms. The van der Waals surface area contributed by atoms with Crippen LogP contribution >= 0.6 is 0 Å². The van der Waals surface area contributed by atoms with Crippen molar-refractivity contribution >= 4 is 34.8 Å². The van der Waals surface area contributed by atoms with Crippen molar-refractivity contribution in [1.29, 1.82) is 0 Å². The molecule has 0 spiro atoms. The molecular weight excluding hydrogens is 467 g/mol. The van der Waals surface area contributed by atoms with Gasteiger partial charge < -0.3 is 15.3 Å². The summed E-state index contributed by atoms with van der Waals surface area (Å²) < 4.78 is 42.4. The minimum Gasteiger partial charge on any atom is -0.465 e. The number of hydrogen-bond donors (Lipinski definition) is 3. The summed E-state index contributed by atoms with van der Waals surface area (Å²) in [5, 5.41) is 17.4. The van der Waals surface area contributed by atoms with E-state index in [0.29, 0.717) is 11.6 Å². The maximum atomic E-state index is 13.6. The number of nitrogens with one attached hydrogen (secondary N) is 2. The molecule has 0 aliphatic heterocycles. The lowest BCUT2D eigenvalue weighted by Gasteiger charge is -2.22. The van der Waals surface area contributed by atoms with Crippen LogP contribution in [0.4, 0.5) is 35.0 Å². The van der Waals surface area contributed by atoms with Crippen LogP contribution in [0.25, 0.3) is 11.3 Å². The Hall–Kier alpha value is -4.35. The molecule has 0 atom stereocenters. The van der Waals surface area contributed by atoms with Gasteiger partial charge in [-0.3, -0.25) is 19.6 Å². The predicted molar refractivity (Wildman–Crippen MR) is 124 cm³/mol. The first-order valence-corrected chi connectivity index (χ1v) is 10.2. The summed E-state index contributed by atoms with van der Waals surface area (Å²) in [5.41, 5.74) is -0.416. The number of hydrogen-bond acceptors (Lipinski definition) is 5. The average molecular weight is 489 g/mol. The third-order valence-electron chi connectivity index (χ3n) is 5.06. The van der Waals surface area contributed by atoms with E-state index in [2.05, 4.69) is 10.4 Å². The standard InChI is InChI=1S/C23H22F3N5O4/c1-30(2)19-11-17(29-22(34)35)16(10-15(19)23(24,25)26)28-21(33)12-20(32)14-6-4-5-13(9-14)18-7-8-27-31(18)3/h4-11,29H,12H2,1-3H3,(H,28,33)(H,34,35). The highest BCUT2D eigenvalue weighted by Crippen LogP contribution is 2.41. The monoisotopic (exact) mass is 489 g/mol. The fourth-order valence-corrected chi connectivity index (χ4v) is 3.46. The number of rotatable bonds is 7. The number of carbonyl (C=O) groups excluding carboxylic acids is 2. The smallest absolute Gasteiger partial charge is 0.418 e. The lowest BCUT2D eigenvalue weighted by molar-refractivity contribution is -0.137. The highest BCUT2D eigenvalue weighted by molar-refractivity contribution is 6.12. The second-order valence-corrected chi connectivity index (χ2v) is 7.81. The van der Waals surface area contributed by atoms with Crippen molar-refractivity contribution in [2.45, 2.75) is 12.6 Å². The van der Waals surface area contributed by atoms with Gasteiger partial charge in [0.2, 0.25) is 5.91 Å². The summed E-state index contributed by atoms with van der Waals surface area (Å²) in [6.07, 6.45) is -5.38. The number of benzene rings is 2. The van der Waals surface area contributed by atoms with E-state index in [-0.39, 0.29) is 16.9 Å². The number of carbonyl (C=O) groups is 3. The van der Waals surface area contributed by atoms with Crippen LogP contribution in [0.15, 0.2) is 48.7 Å². The number of ketones is 1. The maximum absolute atomic E-state index is 13.6. The van der Waals surface area contributed by atoms with E-state index in [4.69, 9.17) is 5.11 Å². The largest absolute Gasteiger partial charge is 0.465 e. The average Bonchev–Trinajstić information content (AvgIpc) is 3.19. The van der Waals surface area contributed by atoms with Crippen LogP contribution in [0.5, 0.6) is 0 Å². The fourth-order valence-electron chi connectivity index (χ4n) is 3.46. The van der Waals surface area contributed by atoms with Crippen LogP contribution in [0.3, 0.4) is 0 Å². The first-order chi connectivity index (χ1) is 16.4. The summed E-state index contributed by atoms with van der Waals surface area (Å²) in [6.45, 7) is 0. The van der Waals surface area contributed by atoms with Crippen LogP contribution in [-0.4, -0.2) is 46.8 Å². The van der Waals surface area contributed by atoms with Crippen molar-refractivity contribution in [3.63, 3.8) is 0 Å². The molecule has 0 bridgehead atoms. The van der Waals surface area contributed by atoms with Gasteiger partial charge in [0, 0.05) is 38.5 Å². The highest BCUT2D eigenvalue weighted by Gasteiger charge is 2.35. The highest BCUT2D eigenvalue weighted by atomic mass is 19.4. The zero-order chi connectivity index (χ0) is 25.9. The molecule has 9 nitrogen and oxygen atoms in total. The number of Topliss-reactive ketones (excluding diaryl/α,β-unsaturated/α-hetero) is 1. The van der Waals surface area contributed by atoms with Crippen molar-refractivity contribution in [3.05, 3.63) is 59.8 Å². The quantitative estimate of drug-likeness (QED) is 0.333. The van der Waals surface area contributed by atoms with Crippen LogP contribution < -0.4 is 15.5 Å². The Morgan fingerprint density at radius 1 is 1.06 bits per heavy atom. The Morgan fingerprint density at radius 2 is 1.74 bits per heavy atom. The topological polar surface area (TPSA) is 117 Å². The molecule has 0 aliphatic rings. The lowest BCUT2D eigenvalue weighted by Crippen LogP contribution is -2.21. The lowest BCUT2D eigenvalue weighted by atomic mass is 10.0. The van der Waals surface area contributed by atoms with Gasteiger partial charge in [-0.25, -0.2) is 4.79 Å². The number of aryl methyl sites for hydroxylation is 1. The van der Waals surface area contributed by atoms with Gasteiger partial charge in [0.15, 0.2) is 5.78 Å². The SMILES string of the molecule is CN(C)c1cc(NC(=O)O)c(NC(=O)CC(=O)c2cccc(-c3ccnn3C)c2)cc1C(F)(F)F. The molecule has 12 heteroatoms. The van der Waals surface area contributed by atoms with E-state index in [1.807, 2.05) is 5.32 Å². The number of nitrogens with zero attached hydrogens (tertiary/aromatic N) is 3. The molecular formula is C23H22F3N5O4. The molecule has 0 saturated carbocycles. The number of alkyl halides is 3. The van der Waals surface area contributed by atoms with Crippen molar-refractivity contribution in [2.24, 2.45) is 7.05 Å². The molecule has 1 heterocycles. The summed E-state index contributed by atoms with van der Waals surface area (Å²) in [5.74, 6) is -1.47. The van der Waals surface area contributed by atoms with Crippen molar-refractivity contribution in [2.75, 3.05) is 29.6 Å². The Bertz CT molecular complexity index is 1280. The first-order valence-electron chi connectivity index (χ1n) is 10.2. The second-order valence-electron chi connectivity index (χ2n) is 7.81. The van der Waals surface area contributed by atoms with Crippen LogP contribution in [-0.2, 0) is 18.0 Å². The van der Waals surface area contributed by atoms with E-state index in [1.54, 1.807) is 42.2 Å². The Balaban J connectivity index is 1.87. The Morgan fingerprint density at radius 3 is 2.31 bits per heavy atom. The Kier molecular flexibility index (Phi) is 7.13. The molecule has 1 aromatic heterocycles. The van der Waals surface area contributed by atoms with Crippen LogP contribution in [0.2, 0.25) is 0 Å². The summed E-state index contributed by atoms with van der Waals surface area (Å²) >= 11 is 0. The minimum atomic E-state index is -4.77. The van der Waals surface area contributed by atoms with Gasteiger partial charge in [0.1, 0.15) is 0 Å². The van der Waals surface area contributed by atoms with Crippen molar-refractivity contribution in [3.8, 4) is 11.3 Å². The van der Waals surface area contributed by atoms with E-state index in [1.165, 1.54) is 25.1 Å². The van der Waals surface area contributed by atoms with Gasteiger partial charge in [-0.05, 0) is 24.3 Å². The molecule has 0 unspecified atom stereocenters. The second kappa shape index (κ2) is 9.87. The van der Waals surface area contributed by atoms with Gasteiger partial charge in [0.05, 0.1) is 34.7 Å². The third kappa shape index (κ3) is 5.96. The zero-order valence-electron chi connectivity index (χ0n) is 19.0. The van der Waals surface area contributed by atoms with Crippen LogP contribution in [0.1, 0.15) is 22.3 Å². The van der Waals surface area contributed by atoms with E-state index in [9.17, 15) is 27.6 Å². The molecule has 2 amide bonds. The van der Waals surface area contributed by atoms with Gasteiger partial charge in [-0.15, -0.1) is 0 Å². The third-order valence-corrected chi connectivity index (χ3v) is 5.06. The van der Waals surface area contributed by atoms with Gasteiger partial charge >= 0.3 is 12.3 Å². The number of amides is 2. The summed E-state index contributed by atoms with van der Waals surface area (Å²) in [7, 11) is 4.47. The number of anilines is 3. The summed E-state index contributed by atoms with van der Waals surface area (Å²) in [4.78, 5) is 37.6. The van der Waals surface area contributed by atoms with E-state index in [0.717, 1.165) is 11.8 Å². The molecule has 0 aliphatic carbocycles. The fraction of sp³-hybridized carbons (Fsp3) is 0.217. The van der Waals surface area contributed by atoms with Crippen molar-refractivity contribution < 1.29 is 32.7 Å². The van der Waals surface area contributed by atoms with Crippen LogP contribution in [0, 0.1) is 0 Å². The normalized spacial score (nSPS) is 11.1. The first kappa shape index (κ1) is 25.3. The van der Waals surface area contributed by atoms with Crippen molar-refractivity contribution in [1.82, 2.24) is 9.78 Å². The van der Waals surface area contributed by atoms with Gasteiger partial charge in [0.25, 0.3) is 0 Å². The van der Waals surface area contributed by atoms with Gasteiger partial charge in [-0.1, -0.05) is 18.2 Å². The molecule has 3 aromatic rings. The number of aromatic nitrogens is 2. The predicted octanol–water partition coefficient (Wildman–Crippen LogP) is 4.47. The summed E-state index contributed by atoms with van der Waals surface area (Å²) in [6, 6.07) is 9.85.